The van der Waals surface area contributed by atoms with Gasteiger partial charge < -0.3 is 14.8 Å². The van der Waals surface area contributed by atoms with Gasteiger partial charge in [0, 0.05) is 18.1 Å². The van der Waals surface area contributed by atoms with Crippen molar-refractivity contribution in [3.05, 3.63) is 30.3 Å². The zero-order chi connectivity index (χ0) is 12.6. The summed E-state index contributed by atoms with van der Waals surface area (Å²) in [5.41, 5.74) is 0. The Labute approximate surface area is 111 Å². The van der Waals surface area contributed by atoms with Crippen LogP contribution in [0.1, 0.15) is 0 Å². The molecule has 4 nitrogen and oxygen atoms in total. The molecule has 1 aromatic rings. The molecule has 0 amide bonds. The summed E-state index contributed by atoms with van der Waals surface area (Å²) < 4.78 is 10.6. The van der Waals surface area contributed by atoms with E-state index in [0.29, 0.717) is 6.61 Å². The third-order valence-corrected chi connectivity index (χ3v) is 3.61. The molecule has 1 N–H and O–H groups in total. The molecule has 5 heteroatoms. The molecule has 0 bridgehead atoms. The van der Waals surface area contributed by atoms with Crippen LogP contribution in [-0.4, -0.2) is 43.3 Å². The minimum atomic E-state index is -0.182. The van der Waals surface area contributed by atoms with Crippen LogP contribution in [-0.2, 0) is 9.53 Å². The number of benzene rings is 1. The molecule has 2 rings (SSSR count). The molecule has 0 aromatic heterocycles. The Morgan fingerprint density at radius 2 is 2.17 bits per heavy atom. The molecule has 1 aromatic carbocycles. The van der Waals surface area contributed by atoms with Gasteiger partial charge in [0.25, 0.3) is 0 Å². The van der Waals surface area contributed by atoms with Gasteiger partial charge in [-0.15, -0.1) is 0 Å². The maximum absolute atomic E-state index is 11.7. The average Bonchev–Trinajstić information content (AvgIpc) is 2.45. The van der Waals surface area contributed by atoms with Gasteiger partial charge in [-0.05, 0) is 12.1 Å². The molecule has 1 saturated heterocycles. The first-order chi connectivity index (χ1) is 8.86. The smallest absolute Gasteiger partial charge is 0.324 e. The summed E-state index contributed by atoms with van der Waals surface area (Å²) in [5, 5.41) is 3.14. The number of carbonyl (C=O) groups excluding carboxylic acids is 1. The summed E-state index contributed by atoms with van der Waals surface area (Å²) in [6, 6.07) is 9.33. The van der Waals surface area contributed by atoms with Crippen LogP contribution in [0.4, 0.5) is 0 Å². The SMILES string of the molecule is O=C(OCCOc1ccccc1)C1CSCCN1. The third kappa shape index (κ3) is 4.23. The Hall–Kier alpha value is -1.20. The standard InChI is InChI=1S/C13H17NO3S/c15-13(12-10-18-9-6-14-12)17-8-7-16-11-4-2-1-3-5-11/h1-5,12,14H,6-10H2. The summed E-state index contributed by atoms with van der Waals surface area (Å²) in [5.74, 6) is 2.46. The van der Waals surface area contributed by atoms with E-state index in [1.165, 1.54) is 0 Å². The Balaban J connectivity index is 1.61. The quantitative estimate of drug-likeness (QED) is 0.644. The van der Waals surface area contributed by atoms with Gasteiger partial charge in [-0.1, -0.05) is 18.2 Å². The van der Waals surface area contributed by atoms with Crippen molar-refractivity contribution in [3.8, 4) is 5.75 Å². The van der Waals surface area contributed by atoms with Crippen LogP contribution in [0.25, 0.3) is 0 Å². The number of hydrogen-bond acceptors (Lipinski definition) is 5. The zero-order valence-corrected chi connectivity index (χ0v) is 10.9. The molecule has 1 aliphatic heterocycles. The van der Waals surface area contributed by atoms with E-state index in [0.717, 1.165) is 23.8 Å². The second-order valence-corrected chi connectivity index (χ2v) is 5.06. The van der Waals surface area contributed by atoms with Crippen molar-refractivity contribution in [2.24, 2.45) is 0 Å². The van der Waals surface area contributed by atoms with Gasteiger partial charge in [0.2, 0.25) is 0 Å². The molecule has 0 aliphatic carbocycles. The van der Waals surface area contributed by atoms with E-state index in [-0.39, 0.29) is 18.6 Å². The minimum absolute atomic E-state index is 0.166. The fraction of sp³-hybridized carbons (Fsp3) is 0.462. The number of nitrogens with one attached hydrogen (secondary N) is 1. The first-order valence-corrected chi connectivity index (χ1v) is 7.17. The first-order valence-electron chi connectivity index (χ1n) is 6.02. The fourth-order valence-electron chi connectivity index (χ4n) is 1.64. The van der Waals surface area contributed by atoms with Crippen LogP contribution < -0.4 is 10.1 Å². The maximum atomic E-state index is 11.7. The first kappa shape index (κ1) is 13.2. The fourth-order valence-corrected chi connectivity index (χ4v) is 2.55. The van der Waals surface area contributed by atoms with Crippen molar-refractivity contribution < 1.29 is 14.3 Å². The lowest BCUT2D eigenvalue weighted by Gasteiger charge is -2.21. The number of hydrogen-bond donors (Lipinski definition) is 1. The van der Waals surface area contributed by atoms with Crippen LogP contribution in [0.2, 0.25) is 0 Å². The number of thioether (sulfide) groups is 1. The van der Waals surface area contributed by atoms with Crippen LogP contribution in [0.15, 0.2) is 30.3 Å². The van der Waals surface area contributed by atoms with Crippen molar-refractivity contribution in [3.63, 3.8) is 0 Å². The molecule has 0 saturated carbocycles. The van der Waals surface area contributed by atoms with Crippen molar-refractivity contribution >= 4 is 17.7 Å². The molecular formula is C13H17NO3S. The van der Waals surface area contributed by atoms with Crippen LogP contribution in [0.5, 0.6) is 5.75 Å². The van der Waals surface area contributed by atoms with Gasteiger partial charge in [-0.2, -0.15) is 11.8 Å². The van der Waals surface area contributed by atoms with E-state index >= 15 is 0 Å². The van der Waals surface area contributed by atoms with Crippen LogP contribution in [0.3, 0.4) is 0 Å². The Morgan fingerprint density at radius 3 is 2.89 bits per heavy atom. The predicted octanol–water partition coefficient (Wildman–Crippen LogP) is 1.31. The summed E-state index contributed by atoms with van der Waals surface area (Å²) in [6.45, 7) is 1.54. The number of esters is 1. The average molecular weight is 267 g/mol. The predicted molar refractivity (Wildman–Crippen MR) is 72.0 cm³/mol. The number of ether oxygens (including phenoxy) is 2. The highest BCUT2D eigenvalue weighted by molar-refractivity contribution is 7.99. The largest absolute Gasteiger partial charge is 0.490 e. The van der Waals surface area contributed by atoms with E-state index in [2.05, 4.69) is 5.32 Å². The maximum Gasteiger partial charge on any atom is 0.324 e. The van der Waals surface area contributed by atoms with Crippen LogP contribution >= 0.6 is 11.8 Å². The van der Waals surface area contributed by atoms with Crippen molar-refractivity contribution in [1.29, 1.82) is 0 Å². The minimum Gasteiger partial charge on any atom is -0.490 e. The normalized spacial score (nSPS) is 19.2. The molecule has 18 heavy (non-hydrogen) atoms. The highest BCUT2D eigenvalue weighted by atomic mass is 32.2. The Morgan fingerprint density at radius 1 is 1.33 bits per heavy atom. The molecular weight excluding hydrogens is 250 g/mol. The third-order valence-electron chi connectivity index (χ3n) is 2.55. The molecule has 0 radical (unpaired) electrons. The van der Waals surface area contributed by atoms with Gasteiger partial charge in [0.1, 0.15) is 25.0 Å². The number of rotatable bonds is 5. The number of para-hydroxylation sites is 1. The lowest BCUT2D eigenvalue weighted by atomic mass is 10.3. The molecule has 0 spiro atoms. The van der Waals surface area contributed by atoms with E-state index in [1.807, 2.05) is 30.3 Å². The molecule has 1 heterocycles. The topological polar surface area (TPSA) is 47.6 Å². The van der Waals surface area contributed by atoms with E-state index in [9.17, 15) is 4.79 Å². The molecule has 1 fully saturated rings. The second kappa shape index (κ2) is 7.28. The van der Waals surface area contributed by atoms with E-state index in [1.54, 1.807) is 11.8 Å². The van der Waals surface area contributed by atoms with Gasteiger partial charge >= 0.3 is 5.97 Å². The number of carbonyl (C=O) groups is 1. The summed E-state index contributed by atoms with van der Waals surface area (Å²) >= 11 is 1.77. The summed E-state index contributed by atoms with van der Waals surface area (Å²) in [4.78, 5) is 11.7. The Kier molecular flexibility index (Phi) is 5.36. The van der Waals surface area contributed by atoms with Crippen LogP contribution in [0, 0.1) is 0 Å². The van der Waals surface area contributed by atoms with Gasteiger partial charge in [0.15, 0.2) is 0 Å². The molecule has 1 atom stereocenters. The van der Waals surface area contributed by atoms with Crippen molar-refractivity contribution in [2.75, 3.05) is 31.3 Å². The van der Waals surface area contributed by atoms with E-state index < -0.39 is 0 Å². The van der Waals surface area contributed by atoms with Gasteiger partial charge in [-0.25, -0.2) is 0 Å². The van der Waals surface area contributed by atoms with Crippen molar-refractivity contribution in [2.45, 2.75) is 6.04 Å². The van der Waals surface area contributed by atoms with Gasteiger partial charge in [-0.3, -0.25) is 4.79 Å². The summed E-state index contributed by atoms with van der Waals surface area (Å²) in [6.07, 6.45) is 0. The lowest BCUT2D eigenvalue weighted by molar-refractivity contribution is -0.146. The highest BCUT2D eigenvalue weighted by Gasteiger charge is 2.21. The summed E-state index contributed by atoms with van der Waals surface area (Å²) in [7, 11) is 0. The lowest BCUT2D eigenvalue weighted by Crippen LogP contribution is -2.44. The zero-order valence-electron chi connectivity index (χ0n) is 10.1. The van der Waals surface area contributed by atoms with E-state index in [4.69, 9.17) is 9.47 Å². The second-order valence-electron chi connectivity index (χ2n) is 3.91. The highest BCUT2D eigenvalue weighted by Crippen LogP contribution is 2.09. The molecule has 1 unspecified atom stereocenters. The molecule has 1 aliphatic rings. The molecule has 98 valence electrons. The van der Waals surface area contributed by atoms with Gasteiger partial charge in [0.05, 0.1) is 0 Å². The van der Waals surface area contributed by atoms with Crippen molar-refractivity contribution in [1.82, 2.24) is 5.32 Å². The monoisotopic (exact) mass is 267 g/mol. The Bertz CT molecular complexity index is 366.